The van der Waals surface area contributed by atoms with Crippen LogP contribution < -0.4 is 10.1 Å². The first kappa shape index (κ1) is 14.5. The van der Waals surface area contributed by atoms with Crippen molar-refractivity contribution >= 4 is 11.3 Å². The van der Waals surface area contributed by atoms with Gasteiger partial charge in [0.1, 0.15) is 17.4 Å². The van der Waals surface area contributed by atoms with Crippen LogP contribution >= 0.6 is 11.3 Å². The molecule has 1 aliphatic rings. The second kappa shape index (κ2) is 6.58. The van der Waals surface area contributed by atoms with E-state index in [-0.39, 0.29) is 0 Å². The lowest BCUT2D eigenvalue weighted by atomic mass is 10.0. The number of benzene rings is 1. The van der Waals surface area contributed by atoms with Gasteiger partial charge in [-0.3, -0.25) is 0 Å². The van der Waals surface area contributed by atoms with Crippen molar-refractivity contribution in [2.24, 2.45) is 0 Å². The van der Waals surface area contributed by atoms with Crippen LogP contribution in [0, 0.1) is 0 Å². The molecule has 3 rings (SSSR count). The second-order valence-electron chi connectivity index (χ2n) is 5.90. The smallest absolute Gasteiger partial charge is 0.131 e. The fraction of sp³-hybridized carbons (Fsp3) is 0.471. The summed E-state index contributed by atoms with van der Waals surface area (Å²) in [5.74, 6) is 1.44. The molecular formula is C17H22N2OS. The third-order valence-corrected chi connectivity index (χ3v) is 4.53. The number of aromatic nitrogens is 1. The predicted octanol–water partition coefficient (Wildman–Crippen LogP) is 4.10. The Hall–Kier alpha value is -1.39. The third kappa shape index (κ3) is 4.29. The highest BCUT2D eigenvalue weighted by Crippen LogP contribution is 2.22. The Morgan fingerprint density at radius 3 is 3.00 bits per heavy atom. The zero-order chi connectivity index (χ0) is 14.7. The number of nitrogens with one attached hydrogen (secondary N) is 1. The van der Waals surface area contributed by atoms with Crippen molar-refractivity contribution in [3.05, 3.63) is 45.9 Å². The summed E-state index contributed by atoms with van der Waals surface area (Å²) in [6.07, 6.45) is 2.63. The predicted molar refractivity (Wildman–Crippen MR) is 86.8 cm³/mol. The molecule has 0 bridgehead atoms. The maximum Gasteiger partial charge on any atom is 0.131 e. The van der Waals surface area contributed by atoms with E-state index in [4.69, 9.17) is 4.74 Å². The molecule has 0 radical (unpaired) electrons. The minimum absolute atomic E-state index is 0.521. The van der Waals surface area contributed by atoms with Crippen LogP contribution in [0.1, 0.15) is 48.9 Å². The molecule has 0 spiro atoms. The lowest BCUT2D eigenvalue weighted by molar-refractivity contribution is 0.301. The summed E-state index contributed by atoms with van der Waals surface area (Å²) >= 11 is 1.71. The number of ether oxygens (including phenoxy) is 1. The van der Waals surface area contributed by atoms with E-state index in [2.05, 4.69) is 47.7 Å². The quantitative estimate of drug-likeness (QED) is 0.836. The molecule has 1 aromatic heterocycles. The van der Waals surface area contributed by atoms with Crippen molar-refractivity contribution in [3.63, 3.8) is 0 Å². The second-order valence-corrected chi connectivity index (χ2v) is 6.85. The van der Waals surface area contributed by atoms with Crippen LogP contribution in [0.15, 0.2) is 29.6 Å². The van der Waals surface area contributed by atoms with Gasteiger partial charge in [-0.15, -0.1) is 11.3 Å². The zero-order valence-electron chi connectivity index (χ0n) is 12.6. The van der Waals surface area contributed by atoms with Gasteiger partial charge in [0.2, 0.25) is 0 Å². The van der Waals surface area contributed by atoms with Crippen LogP contribution in [0.3, 0.4) is 0 Å². The first-order chi connectivity index (χ1) is 10.2. The largest absolute Gasteiger partial charge is 0.487 e. The van der Waals surface area contributed by atoms with Gasteiger partial charge in [0, 0.05) is 18.0 Å². The molecule has 0 amide bonds. The maximum atomic E-state index is 5.86. The standard InChI is InChI=1S/C17H22N2OS/c1-12(2)13-4-3-5-16(8-13)20-10-15-11-21-17(19-15)9-18-14-6-7-14/h3-5,8,11-12,14,18H,6-7,9-10H2,1-2H3. The van der Waals surface area contributed by atoms with E-state index < -0.39 is 0 Å². The molecule has 0 unspecified atom stereocenters. The molecule has 3 nitrogen and oxygen atoms in total. The molecule has 1 aromatic carbocycles. The SMILES string of the molecule is CC(C)c1cccc(OCc2csc(CNC3CC3)n2)c1. The van der Waals surface area contributed by atoms with Crippen LogP contribution in [0.2, 0.25) is 0 Å². The van der Waals surface area contributed by atoms with Gasteiger partial charge in [-0.05, 0) is 36.5 Å². The first-order valence-electron chi connectivity index (χ1n) is 7.60. The molecule has 1 fully saturated rings. The van der Waals surface area contributed by atoms with Crippen LogP contribution in [-0.4, -0.2) is 11.0 Å². The number of hydrogen-bond donors (Lipinski definition) is 1. The van der Waals surface area contributed by atoms with Gasteiger partial charge in [-0.1, -0.05) is 26.0 Å². The monoisotopic (exact) mass is 302 g/mol. The Morgan fingerprint density at radius 2 is 2.24 bits per heavy atom. The normalized spacial score (nSPS) is 14.6. The third-order valence-electron chi connectivity index (χ3n) is 3.63. The fourth-order valence-electron chi connectivity index (χ4n) is 2.14. The van der Waals surface area contributed by atoms with Gasteiger partial charge in [0.15, 0.2) is 0 Å². The minimum atomic E-state index is 0.521. The van der Waals surface area contributed by atoms with E-state index in [1.807, 2.05) is 6.07 Å². The molecule has 1 saturated carbocycles. The van der Waals surface area contributed by atoms with Gasteiger partial charge in [0.25, 0.3) is 0 Å². The van der Waals surface area contributed by atoms with Gasteiger partial charge in [-0.2, -0.15) is 0 Å². The lowest BCUT2D eigenvalue weighted by Crippen LogP contribution is -2.15. The van der Waals surface area contributed by atoms with Gasteiger partial charge in [0.05, 0.1) is 5.69 Å². The van der Waals surface area contributed by atoms with Crippen LogP contribution in [-0.2, 0) is 13.2 Å². The van der Waals surface area contributed by atoms with Crippen molar-refractivity contribution in [2.45, 2.75) is 51.8 Å². The Kier molecular flexibility index (Phi) is 4.56. The zero-order valence-corrected chi connectivity index (χ0v) is 13.5. The molecule has 4 heteroatoms. The Morgan fingerprint density at radius 1 is 1.38 bits per heavy atom. The Bertz CT molecular complexity index is 590. The van der Waals surface area contributed by atoms with Crippen molar-refractivity contribution < 1.29 is 4.74 Å². The molecule has 0 aliphatic heterocycles. The van der Waals surface area contributed by atoms with E-state index in [0.717, 1.165) is 29.0 Å². The molecule has 2 aromatic rings. The van der Waals surface area contributed by atoms with Crippen molar-refractivity contribution in [3.8, 4) is 5.75 Å². The van der Waals surface area contributed by atoms with E-state index in [1.54, 1.807) is 11.3 Å². The van der Waals surface area contributed by atoms with E-state index >= 15 is 0 Å². The fourth-order valence-corrected chi connectivity index (χ4v) is 2.87. The highest BCUT2D eigenvalue weighted by Gasteiger charge is 2.20. The summed E-state index contributed by atoms with van der Waals surface area (Å²) in [6, 6.07) is 9.05. The molecule has 1 N–H and O–H groups in total. The molecule has 1 heterocycles. The molecule has 1 aliphatic carbocycles. The molecule has 0 atom stereocenters. The van der Waals surface area contributed by atoms with Crippen LogP contribution in [0.25, 0.3) is 0 Å². The Balaban J connectivity index is 1.53. The van der Waals surface area contributed by atoms with E-state index in [9.17, 15) is 0 Å². The topological polar surface area (TPSA) is 34.1 Å². The summed E-state index contributed by atoms with van der Waals surface area (Å²) in [5.41, 5.74) is 2.32. The minimum Gasteiger partial charge on any atom is -0.487 e. The highest BCUT2D eigenvalue weighted by molar-refractivity contribution is 7.09. The van der Waals surface area contributed by atoms with Crippen LogP contribution in [0.5, 0.6) is 5.75 Å². The van der Waals surface area contributed by atoms with E-state index in [0.29, 0.717) is 12.5 Å². The summed E-state index contributed by atoms with van der Waals surface area (Å²) in [6.45, 7) is 5.82. The molecule has 0 saturated heterocycles. The van der Waals surface area contributed by atoms with Gasteiger partial charge in [-0.25, -0.2) is 4.98 Å². The molecule has 112 valence electrons. The summed E-state index contributed by atoms with van der Waals surface area (Å²) in [4.78, 5) is 4.61. The maximum absolute atomic E-state index is 5.86. The van der Waals surface area contributed by atoms with E-state index in [1.165, 1.54) is 18.4 Å². The average Bonchev–Trinajstić information content (AvgIpc) is 3.21. The molecular weight excluding hydrogens is 280 g/mol. The number of rotatable bonds is 7. The average molecular weight is 302 g/mol. The Labute approximate surface area is 130 Å². The molecule has 21 heavy (non-hydrogen) atoms. The highest BCUT2D eigenvalue weighted by atomic mass is 32.1. The van der Waals surface area contributed by atoms with Gasteiger partial charge < -0.3 is 10.1 Å². The lowest BCUT2D eigenvalue weighted by Gasteiger charge is -2.09. The summed E-state index contributed by atoms with van der Waals surface area (Å²) in [5, 5.41) is 6.73. The number of nitrogens with zero attached hydrogens (tertiary/aromatic N) is 1. The number of hydrogen-bond acceptors (Lipinski definition) is 4. The first-order valence-corrected chi connectivity index (χ1v) is 8.48. The summed E-state index contributed by atoms with van der Waals surface area (Å²) in [7, 11) is 0. The van der Waals surface area contributed by atoms with Gasteiger partial charge >= 0.3 is 0 Å². The van der Waals surface area contributed by atoms with Crippen molar-refractivity contribution in [1.82, 2.24) is 10.3 Å². The number of thiazole rings is 1. The van der Waals surface area contributed by atoms with Crippen molar-refractivity contribution in [2.75, 3.05) is 0 Å². The summed E-state index contributed by atoms with van der Waals surface area (Å²) < 4.78 is 5.86. The van der Waals surface area contributed by atoms with Crippen molar-refractivity contribution in [1.29, 1.82) is 0 Å². The van der Waals surface area contributed by atoms with Crippen LogP contribution in [0.4, 0.5) is 0 Å².